The number of hydrogen-bond acceptors (Lipinski definition) is 3. The first-order valence-electron chi connectivity index (χ1n) is 3.55. The summed E-state index contributed by atoms with van der Waals surface area (Å²) in [5.41, 5.74) is 4.72. The Bertz CT molecular complexity index is 146. The van der Waals surface area contributed by atoms with Gasteiger partial charge in [0.25, 0.3) is 0 Å². The van der Waals surface area contributed by atoms with Gasteiger partial charge in [-0.05, 0) is 0 Å². The molecule has 0 rings (SSSR count). The summed E-state index contributed by atoms with van der Waals surface area (Å²) in [6.45, 7) is 1.43. The van der Waals surface area contributed by atoms with Crippen molar-refractivity contribution in [3.63, 3.8) is 0 Å². The number of likely N-dealkylation sites (N-methyl/N-ethyl adjacent to an activating group) is 1. The van der Waals surface area contributed by atoms with Gasteiger partial charge in [0.1, 0.15) is 13.2 Å². The normalized spacial score (nSPS) is 12.2. The summed E-state index contributed by atoms with van der Waals surface area (Å²) in [6, 6.07) is 0. The standard InChI is InChI=1S/C6H15N2O3P/c1-8(2,3)4-5-10-12-11-6(7)9/h12H,4-5H2,1-3H3,(H-,7,9)/p+1. The van der Waals surface area contributed by atoms with E-state index in [1.165, 1.54) is 0 Å². The molecular weight excluding hydrogens is 179 g/mol. The molecule has 0 aliphatic rings. The van der Waals surface area contributed by atoms with E-state index in [0.29, 0.717) is 6.61 Å². The second kappa shape index (κ2) is 5.30. The van der Waals surface area contributed by atoms with Crippen LogP contribution < -0.4 is 5.73 Å². The van der Waals surface area contributed by atoms with Crippen LogP contribution in [0.15, 0.2) is 0 Å². The van der Waals surface area contributed by atoms with Crippen molar-refractivity contribution in [2.75, 3.05) is 34.3 Å². The Morgan fingerprint density at radius 2 is 2.08 bits per heavy atom. The van der Waals surface area contributed by atoms with E-state index in [4.69, 9.17) is 10.3 Å². The lowest BCUT2D eigenvalue weighted by Gasteiger charge is -2.23. The molecule has 0 saturated carbocycles. The maximum absolute atomic E-state index is 10.1. The summed E-state index contributed by atoms with van der Waals surface area (Å²) in [5.74, 6) is 0. The predicted molar refractivity (Wildman–Crippen MR) is 47.8 cm³/mol. The lowest BCUT2D eigenvalue weighted by atomic mass is 10.5. The zero-order valence-corrected chi connectivity index (χ0v) is 8.66. The van der Waals surface area contributed by atoms with Crippen molar-refractivity contribution in [3.05, 3.63) is 0 Å². The van der Waals surface area contributed by atoms with E-state index in [9.17, 15) is 4.79 Å². The minimum Gasteiger partial charge on any atom is -0.404 e. The van der Waals surface area contributed by atoms with Crippen molar-refractivity contribution < 1.29 is 18.3 Å². The number of nitrogens with two attached hydrogens (primary N) is 1. The van der Waals surface area contributed by atoms with Crippen molar-refractivity contribution in [2.24, 2.45) is 5.73 Å². The third kappa shape index (κ3) is 9.62. The maximum Gasteiger partial charge on any atom is 0.408 e. The fourth-order valence-corrected chi connectivity index (χ4v) is 0.747. The highest BCUT2D eigenvalue weighted by Crippen LogP contribution is 2.12. The van der Waals surface area contributed by atoms with Crippen molar-refractivity contribution in [3.8, 4) is 0 Å². The highest BCUT2D eigenvalue weighted by Gasteiger charge is 2.05. The first-order valence-corrected chi connectivity index (χ1v) is 4.37. The topological polar surface area (TPSA) is 61.6 Å². The maximum atomic E-state index is 10.1. The predicted octanol–water partition coefficient (Wildman–Crippen LogP) is 0.313. The molecule has 0 aliphatic heterocycles. The van der Waals surface area contributed by atoms with Crippen LogP contribution >= 0.6 is 9.03 Å². The van der Waals surface area contributed by atoms with Crippen LogP contribution in [0, 0.1) is 0 Å². The third-order valence-corrected chi connectivity index (χ3v) is 1.67. The number of primary amides is 1. The summed E-state index contributed by atoms with van der Waals surface area (Å²) in [7, 11) is 5.88. The monoisotopic (exact) mass is 195 g/mol. The minimum absolute atomic E-state index is 0.286. The summed E-state index contributed by atoms with van der Waals surface area (Å²) in [5, 5.41) is 0. The second-order valence-electron chi connectivity index (χ2n) is 3.37. The summed E-state index contributed by atoms with van der Waals surface area (Å²) in [6.07, 6.45) is -0.793. The molecule has 6 heteroatoms. The molecule has 0 radical (unpaired) electrons. The third-order valence-electron chi connectivity index (χ3n) is 1.07. The van der Waals surface area contributed by atoms with Gasteiger partial charge in [0.2, 0.25) is 9.03 Å². The summed E-state index contributed by atoms with van der Waals surface area (Å²) in [4.78, 5) is 10.1. The molecular formula is C6H16N2O3P+. The zero-order chi connectivity index (χ0) is 9.61. The molecule has 0 aromatic rings. The lowest BCUT2D eigenvalue weighted by molar-refractivity contribution is -0.870. The average molecular weight is 195 g/mol. The summed E-state index contributed by atoms with van der Waals surface area (Å²) >= 11 is 0. The fourth-order valence-electron chi connectivity index (χ4n) is 0.432. The highest BCUT2D eigenvalue weighted by molar-refractivity contribution is 7.26. The van der Waals surface area contributed by atoms with E-state index >= 15 is 0 Å². The van der Waals surface area contributed by atoms with Crippen molar-refractivity contribution >= 4 is 15.1 Å². The SMILES string of the molecule is C[N+](C)(C)CCOPOC(N)=O. The van der Waals surface area contributed by atoms with Crippen molar-refractivity contribution in [1.82, 2.24) is 0 Å². The van der Waals surface area contributed by atoms with E-state index in [2.05, 4.69) is 25.7 Å². The van der Waals surface area contributed by atoms with Gasteiger partial charge in [-0.1, -0.05) is 0 Å². The molecule has 0 aromatic heterocycles. The first kappa shape index (κ1) is 11.6. The molecule has 0 saturated heterocycles. The van der Waals surface area contributed by atoms with Crippen LogP contribution in [-0.4, -0.2) is 44.9 Å². The fraction of sp³-hybridized carbons (Fsp3) is 0.833. The van der Waals surface area contributed by atoms with Gasteiger partial charge in [0, 0.05) is 0 Å². The van der Waals surface area contributed by atoms with Gasteiger partial charge in [0.05, 0.1) is 21.1 Å². The van der Waals surface area contributed by atoms with Gasteiger partial charge in [-0.2, -0.15) is 0 Å². The molecule has 0 aromatic carbocycles. The van der Waals surface area contributed by atoms with Gasteiger partial charge in [-0.3, -0.25) is 0 Å². The number of nitrogens with zero attached hydrogens (tertiary/aromatic N) is 1. The smallest absolute Gasteiger partial charge is 0.404 e. The van der Waals surface area contributed by atoms with Gasteiger partial charge < -0.3 is 19.3 Å². The van der Waals surface area contributed by atoms with E-state index < -0.39 is 6.09 Å². The molecule has 0 aliphatic carbocycles. The molecule has 12 heavy (non-hydrogen) atoms. The van der Waals surface area contributed by atoms with Gasteiger partial charge >= 0.3 is 6.09 Å². The molecule has 5 nitrogen and oxygen atoms in total. The lowest BCUT2D eigenvalue weighted by Crippen LogP contribution is -2.37. The molecule has 1 unspecified atom stereocenters. The van der Waals surface area contributed by atoms with E-state index in [1.54, 1.807) is 0 Å². The van der Waals surface area contributed by atoms with Crippen LogP contribution in [0.25, 0.3) is 0 Å². The van der Waals surface area contributed by atoms with Crippen LogP contribution in [0.2, 0.25) is 0 Å². The highest BCUT2D eigenvalue weighted by atomic mass is 31.1. The van der Waals surface area contributed by atoms with Crippen LogP contribution in [0.5, 0.6) is 0 Å². The zero-order valence-electron chi connectivity index (χ0n) is 7.66. The minimum atomic E-state index is -0.793. The number of rotatable bonds is 5. The molecule has 0 bridgehead atoms. The molecule has 1 atom stereocenters. The van der Waals surface area contributed by atoms with Crippen LogP contribution in [0.1, 0.15) is 0 Å². The Kier molecular flexibility index (Phi) is 5.13. The number of carbonyl (C=O) groups excluding carboxylic acids is 1. The Labute approximate surface area is 74.4 Å². The van der Waals surface area contributed by atoms with E-state index in [1.807, 2.05) is 0 Å². The quantitative estimate of drug-likeness (QED) is 0.390. The summed E-state index contributed by atoms with van der Waals surface area (Å²) < 4.78 is 10.2. The van der Waals surface area contributed by atoms with Crippen LogP contribution in [0.3, 0.4) is 0 Å². The van der Waals surface area contributed by atoms with Crippen LogP contribution in [0.4, 0.5) is 4.79 Å². The molecule has 1 amide bonds. The second-order valence-corrected chi connectivity index (χ2v) is 4.03. The number of quaternary nitrogens is 1. The first-order chi connectivity index (χ1) is 5.42. The molecule has 0 spiro atoms. The van der Waals surface area contributed by atoms with Gasteiger partial charge in [-0.15, -0.1) is 0 Å². The van der Waals surface area contributed by atoms with E-state index in [-0.39, 0.29) is 9.03 Å². The largest absolute Gasteiger partial charge is 0.408 e. The average Bonchev–Trinajstić information content (AvgIpc) is 1.83. The molecule has 0 fully saturated rings. The van der Waals surface area contributed by atoms with Crippen molar-refractivity contribution in [1.29, 1.82) is 0 Å². The van der Waals surface area contributed by atoms with E-state index in [0.717, 1.165) is 11.0 Å². The van der Waals surface area contributed by atoms with Crippen LogP contribution in [-0.2, 0) is 9.05 Å². The van der Waals surface area contributed by atoms with Crippen molar-refractivity contribution in [2.45, 2.75) is 0 Å². The van der Waals surface area contributed by atoms with Gasteiger partial charge in [0.15, 0.2) is 0 Å². The van der Waals surface area contributed by atoms with Gasteiger partial charge in [-0.25, -0.2) is 4.79 Å². The number of carbonyl (C=O) groups is 1. The number of amides is 1. The number of hydrogen-bond donors (Lipinski definition) is 1. The Hall–Kier alpha value is -0.380. The molecule has 2 N–H and O–H groups in total. The Balaban J connectivity index is 3.17. The Morgan fingerprint density at radius 3 is 2.50 bits per heavy atom. The molecule has 72 valence electrons. The molecule has 0 heterocycles. The Morgan fingerprint density at radius 1 is 1.50 bits per heavy atom.